The number of carboxylic acid groups (broad SMARTS) is 1. The Hall–Kier alpha value is -5.31. The number of hydrogen-bond donors (Lipinski definition) is 2. The summed E-state index contributed by atoms with van der Waals surface area (Å²) in [6.07, 6.45) is 6.26. The van der Waals surface area contributed by atoms with Crippen molar-refractivity contribution in [2.45, 2.75) is 69.1 Å². The summed E-state index contributed by atoms with van der Waals surface area (Å²) < 4.78 is 0. The molecule has 2 fully saturated rings. The van der Waals surface area contributed by atoms with Crippen LogP contribution in [0.5, 0.6) is 0 Å². The van der Waals surface area contributed by atoms with Crippen LogP contribution in [0.4, 0.5) is 5.69 Å². The Morgan fingerprint density at radius 1 is 0.894 bits per heavy atom. The van der Waals surface area contributed by atoms with Crippen molar-refractivity contribution in [1.82, 2.24) is 15.2 Å². The molecule has 1 aromatic heterocycles. The normalized spacial score (nSPS) is 19.4. The predicted octanol–water partition coefficient (Wildman–Crippen LogP) is 5.21. The molecule has 3 aromatic carbocycles. The molecule has 3 unspecified atom stereocenters. The first-order valence-electron chi connectivity index (χ1n) is 16.0. The first-order valence-corrected chi connectivity index (χ1v) is 16.0. The molecule has 47 heavy (non-hydrogen) atoms. The number of rotatable bonds is 10. The van der Waals surface area contributed by atoms with E-state index in [9.17, 15) is 24.3 Å². The molecule has 1 aliphatic heterocycles. The first-order chi connectivity index (χ1) is 22.8. The van der Waals surface area contributed by atoms with Crippen LogP contribution in [0.15, 0.2) is 109 Å². The second kappa shape index (κ2) is 13.6. The average molecular weight is 631 g/mol. The summed E-state index contributed by atoms with van der Waals surface area (Å²) in [5.41, 5.74) is 3.08. The van der Waals surface area contributed by atoms with Gasteiger partial charge in [0.15, 0.2) is 0 Å². The van der Waals surface area contributed by atoms with Crippen LogP contribution in [-0.2, 0) is 37.4 Å². The van der Waals surface area contributed by atoms with Crippen molar-refractivity contribution in [3.05, 3.63) is 132 Å². The molecule has 1 aliphatic carbocycles. The number of amides is 3. The fourth-order valence-corrected chi connectivity index (χ4v) is 7.13. The topological polar surface area (TPSA) is 120 Å². The highest BCUT2D eigenvalue weighted by molar-refractivity contribution is 6.03. The minimum atomic E-state index is -1.13. The lowest BCUT2D eigenvalue weighted by Crippen LogP contribution is -2.50. The van der Waals surface area contributed by atoms with Crippen LogP contribution in [0.1, 0.15) is 61.0 Å². The van der Waals surface area contributed by atoms with Gasteiger partial charge in [-0.25, -0.2) is 4.79 Å². The van der Waals surface area contributed by atoms with E-state index >= 15 is 0 Å². The third-order valence-corrected chi connectivity index (χ3v) is 9.46. The summed E-state index contributed by atoms with van der Waals surface area (Å²) >= 11 is 0. The van der Waals surface area contributed by atoms with Crippen LogP contribution in [0.25, 0.3) is 0 Å². The maximum atomic E-state index is 14.1. The number of carbonyl (C=O) groups excluding carboxylic acids is 3. The number of nitrogens with zero attached hydrogens (tertiary/aromatic N) is 3. The first kappa shape index (κ1) is 31.7. The lowest BCUT2D eigenvalue weighted by atomic mass is 9.77. The van der Waals surface area contributed by atoms with E-state index in [2.05, 4.69) is 10.3 Å². The number of carboxylic acids is 1. The number of carbonyl (C=O) groups is 4. The number of anilines is 1. The van der Waals surface area contributed by atoms with E-state index in [1.165, 1.54) is 6.92 Å². The molecule has 3 amide bonds. The van der Waals surface area contributed by atoms with Gasteiger partial charge in [0.2, 0.25) is 11.8 Å². The molecule has 2 heterocycles. The van der Waals surface area contributed by atoms with Gasteiger partial charge in [-0.15, -0.1) is 0 Å². The Bertz CT molecular complexity index is 1720. The minimum absolute atomic E-state index is 0.0749. The summed E-state index contributed by atoms with van der Waals surface area (Å²) in [6, 6.07) is 28.0. The molecule has 4 aromatic rings. The van der Waals surface area contributed by atoms with E-state index < -0.39 is 29.6 Å². The summed E-state index contributed by atoms with van der Waals surface area (Å²) in [5.74, 6) is -1.82. The van der Waals surface area contributed by atoms with Gasteiger partial charge in [0, 0.05) is 37.8 Å². The van der Waals surface area contributed by atoms with Gasteiger partial charge in [0.05, 0.1) is 5.41 Å². The lowest BCUT2D eigenvalue weighted by molar-refractivity contribution is -0.142. The standard InChI is InChI=1S/C38H38N4O5/c1-26(43)41-33(24-28-11-10-22-39-25-28)35(44)42(34(41)29-12-4-2-5-13-29)31-18-16-27(17-19-31)23-32(36(45)46)40-37(47)38(20-8-9-21-38)30-14-6-3-7-15-30/h2-7,10-19,22,25,32-34H,8-9,20-21,23-24H2,1H3,(H,40,47)(H,45,46). The second-order valence-corrected chi connectivity index (χ2v) is 12.4. The van der Waals surface area contributed by atoms with E-state index in [-0.39, 0.29) is 24.1 Å². The fraction of sp³-hybridized carbons (Fsp3) is 0.289. The zero-order valence-corrected chi connectivity index (χ0v) is 26.3. The van der Waals surface area contributed by atoms with Gasteiger partial charge in [0.25, 0.3) is 5.91 Å². The van der Waals surface area contributed by atoms with Gasteiger partial charge < -0.3 is 15.3 Å². The zero-order chi connectivity index (χ0) is 33.0. The van der Waals surface area contributed by atoms with Crippen molar-refractivity contribution < 1.29 is 24.3 Å². The summed E-state index contributed by atoms with van der Waals surface area (Å²) in [7, 11) is 0. The predicted molar refractivity (Wildman–Crippen MR) is 177 cm³/mol. The van der Waals surface area contributed by atoms with Crippen LogP contribution in [0.3, 0.4) is 0 Å². The molecule has 0 bridgehead atoms. The van der Waals surface area contributed by atoms with Gasteiger partial charge in [-0.3, -0.25) is 24.3 Å². The maximum absolute atomic E-state index is 14.1. The van der Waals surface area contributed by atoms with Crippen molar-refractivity contribution in [3.63, 3.8) is 0 Å². The van der Waals surface area contributed by atoms with Crippen molar-refractivity contribution in [2.75, 3.05) is 4.90 Å². The highest BCUT2D eigenvalue weighted by Gasteiger charge is 2.49. The molecule has 1 saturated carbocycles. The van der Waals surface area contributed by atoms with Crippen molar-refractivity contribution >= 4 is 29.4 Å². The Morgan fingerprint density at radius 3 is 2.15 bits per heavy atom. The van der Waals surface area contributed by atoms with Gasteiger partial charge in [-0.05, 0) is 53.3 Å². The zero-order valence-electron chi connectivity index (χ0n) is 26.3. The molecule has 9 nitrogen and oxygen atoms in total. The number of aliphatic carboxylic acids is 1. The van der Waals surface area contributed by atoms with Crippen LogP contribution in [0.2, 0.25) is 0 Å². The SMILES string of the molecule is CC(=O)N1C(Cc2cccnc2)C(=O)N(c2ccc(CC(NC(=O)C3(c4ccccc4)CCCC3)C(=O)O)cc2)C1c1ccccc1. The van der Waals surface area contributed by atoms with Crippen LogP contribution in [-0.4, -0.2) is 50.8 Å². The third-order valence-electron chi connectivity index (χ3n) is 9.46. The van der Waals surface area contributed by atoms with Crippen LogP contribution < -0.4 is 10.2 Å². The van der Waals surface area contributed by atoms with E-state index in [0.29, 0.717) is 30.5 Å². The van der Waals surface area contributed by atoms with Crippen molar-refractivity contribution in [3.8, 4) is 0 Å². The monoisotopic (exact) mass is 630 g/mol. The maximum Gasteiger partial charge on any atom is 0.326 e. The van der Waals surface area contributed by atoms with Crippen molar-refractivity contribution in [2.24, 2.45) is 0 Å². The van der Waals surface area contributed by atoms with Gasteiger partial charge in [-0.2, -0.15) is 0 Å². The number of aromatic nitrogens is 1. The summed E-state index contributed by atoms with van der Waals surface area (Å²) in [5, 5.41) is 13.0. The van der Waals surface area contributed by atoms with E-state index in [1.54, 1.807) is 52.5 Å². The molecule has 0 spiro atoms. The molecular formula is C38H38N4O5. The molecule has 3 atom stereocenters. The number of nitrogens with one attached hydrogen (secondary N) is 1. The Morgan fingerprint density at radius 2 is 1.55 bits per heavy atom. The van der Waals surface area contributed by atoms with Gasteiger partial charge >= 0.3 is 5.97 Å². The summed E-state index contributed by atoms with van der Waals surface area (Å²) in [6.45, 7) is 1.47. The fourth-order valence-electron chi connectivity index (χ4n) is 7.13. The molecule has 6 rings (SSSR count). The molecule has 240 valence electrons. The Labute approximate surface area is 274 Å². The van der Waals surface area contributed by atoms with E-state index in [4.69, 9.17) is 0 Å². The molecular weight excluding hydrogens is 592 g/mol. The van der Waals surface area contributed by atoms with E-state index in [1.807, 2.05) is 66.7 Å². The molecule has 0 radical (unpaired) electrons. The lowest BCUT2D eigenvalue weighted by Gasteiger charge is -2.31. The molecule has 2 aliphatic rings. The second-order valence-electron chi connectivity index (χ2n) is 12.4. The highest BCUT2D eigenvalue weighted by atomic mass is 16.4. The Balaban J connectivity index is 1.26. The number of pyridine rings is 1. The number of hydrogen-bond acceptors (Lipinski definition) is 5. The van der Waals surface area contributed by atoms with Gasteiger partial charge in [0.1, 0.15) is 18.2 Å². The highest BCUT2D eigenvalue weighted by Crippen LogP contribution is 2.42. The largest absolute Gasteiger partial charge is 0.480 e. The van der Waals surface area contributed by atoms with Crippen LogP contribution >= 0.6 is 0 Å². The number of benzene rings is 3. The Kier molecular flexibility index (Phi) is 9.15. The smallest absolute Gasteiger partial charge is 0.326 e. The third kappa shape index (κ3) is 6.38. The molecule has 2 N–H and O–H groups in total. The minimum Gasteiger partial charge on any atom is -0.480 e. The quantitative estimate of drug-likeness (QED) is 0.248. The molecule has 1 saturated heterocycles. The van der Waals surface area contributed by atoms with Gasteiger partial charge in [-0.1, -0.05) is 91.7 Å². The van der Waals surface area contributed by atoms with E-state index in [0.717, 1.165) is 29.5 Å². The van der Waals surface area contributed by atoms with Crippen molar-refractivity contribution in [1.29, 1.82) is 0 Å². The average Bonchev–Trinajstić information content (AvgIpc) is 3.70. The summed E-state index contributed by atoms with van der Waals surface area (Å²) in [4.78, 5) is 60.8. The van der Waals surface area contributed by atoms with Crippen LogP contribution in [0, 0.1) is 0 Å². The molecule has 9 heteroatoms.